The molecule has 0 aliphatic carbocycles. The van der Waals surface area contributed by atoms with Gasteiger partial charge in [-0.15, -0.1) is 0 Å². The van der Waals surface area contributed by atoms with Crippen LogP contribution >= 0.6 is 0 Å². The highest BCUT2D eigenvalue weighted by atomic mass is 19.4. The number of carbonyl (C=O) groups excluding carboxylic acids is 1. The summed E-state index contributed by atoms with van der Waals surface area (Å²) in [6, 6.07) is 7.43. The summed E-state index contributed by atoms with van der Waals surface area (Å²) in [5, 5.41) is 10.9. The van der Waals surface area contributed by atoms with E-state index in [2.05, 4.69) is 4.74 Å². The van der Waals surface area contributed by atoms with Crippen LogP contribution in [-0.4, -0.2) is 18.0 Å². The third-order valence-corrected chi connectivity index (χ3v) is 3.14. The van der Waals surface area contributed by atoms with Gasteiger partial charge in [0.1, 0.15) is 0 Å². The van der Waals surface area contributed by atoms with Crippen molar-refractivity contribution >= 4 is 11.7 Å². The Hall–Kier alpha value is -2.90. The predicted octanol–water partition coefficient (Wildman–Crippen LogP) is 4.07. The Morgan fingerprint density at radius 1 is 1.13 bits per heavy atom. The highest BCUT2D eigenvalue weighted by molar-refractivity contribution is 5.97. The van der Waals surface area contributed by atoms with Crippen molar-refractivity contribution in [1.29, 1.82) is 0 Å². The molecule has 120 valence electrons. The lowest BCUT2D eigenvalue weighted by atomic mass is 9.98. The second-order valence-corrected chi connectivity index (χ2v) is 4.55. The standard InChI is InChI=1S/C15H10F3NO4/c1-23-14(20)12-7-6-11(19(21)22)8-13(12)9-2-4-10(5-3-9)15(16,17)18/h2-8H,1H3. The molecule has 2 rings (SSSR count). The number of benzene rings is 2. The summed E-state index contributed by atoms with van der Waals surface area (Å²) in [5.41, 5.74) is -0.751. The quantitative estimate of drug-likeness (QED) is 0.484. The van der Waals surface area contributed by atoms with Crippen LogP contribution in [0.2, 0.25) is 0 Å². The Morgan fingerprint density at radius 2 is 1.74 bits per heavy atom. The number of carbonyl (C=O) groups is 1. The maximum atomic E-state index is 12.6. The van der Waals surface area contributed by atoms with Crippen LogP contribution < -0.4 is 0 Å². The van der Waals surface area contributed by atoms with Gasteiger partial charge in [0.25, 0.3) is 5.69 Å². The number of ether oxygens (including phenoxy) is 1. The maximum Gasteiger partial charge on any atom is 0.416 e. The average Bonchev–Trinajstić information content (AvgIpc) is 2.52. The van der Waals surface area contributed by atoms with Crippen molar-refractivity contribution in [3.63, 3.8) is 0 Å². The van der Waals surface area contributed by atoms with E-state index in [1.165, 1.54) is 6.07 Å². The van der Waals surface area contributed by atoms with E-state index >= 15 is 0 Å². The smallest absolute Gasteiger partial charge is 0.416 e. The molecule has 0 heterocycles. The van der Waals surface area contributed by atoms with E-state index in [1.807, 2.05) is 0 Å². The highest BCUT2D eigenvalue weighted by Gasteiger charge is 2.30. The Kier molecular flexibility index (Phi) is 4.35. The third kappa shape index (κ3) is 3.47. The Labute approximate surface area is 128 Å². The summed E-state index contributed by atoms with van der Waals surface area (Å²) in [4.78, 5) is 21.9. The van der Waals surface area contributed by atoms with E-state index in [1.54, 1.807) is 0 Å². The van der Waals surface area contributed by atoms with Crippen LogP contribution in [0.5, 0.6) is 0 Å². The summed E-state index contributed by atoms with van der Waals surface area (Å²) in [6.45, 7) is 0. The van der Waals surface area contributed by atoms with Crippen molar-refractivity contribution in [3.8, 4) is 11.1 Å². The molecule has 0 radical (unpaired) electrons. The molecule has 0 aliphatic rings. The predicted molar refractivity (Wildman–Crippen MR) is 74.9 cm³/mol. The van der Waals surface area contributed by atoms with Gasteiger partial charge in [-0.25, -0.2) is 4.79 Å². The van der Waals surface area contributed by atoms with Gasteiger partial charge in [0.05, 0.1) is 23.2 Å². The topological polar surface area (TPSA) is 69.4 Å². The van der Waals surface area contributed by atoms with Crippen LogP contribution in [0, 0.1) is 10.1 Å². The maximum absolute atomic E-state index is 12.6. The largest absolute Gasteiger partial charge is 0.465 e. The van der Waals surface area contributed by atoms with Crippen LogP contribution in [0.4, 0.5) is 18.9 Å². The third-order valence-electron chi connectivity index (χ3n) is 3.14. The van der Waals surface area contributed by atoms with Gasteiger partial charge >= 0.3 is 12.1 Å². The normalized spacial score (nSPS) is 11.1. The van der Waals surface area contributed by atoms with E-state index in [4.69, 9.17) is 0 Å². The molecule has 0 aliphatic heterocycles. The number of nitro benzene ring substituents is 1. The van der Waals surface area contributed by atoms with Gasteiger partial charge in [0.15, 0.2) is 0 Å². The first-order chi connectivity index (χ1) is 10.7. The zero-order valence-electron chi connectivity index (χ0n) is 11.8. The first-order valence-corrected chi connectivity index (χ1v) is 6.28. The summed E-state index contributed by atoms with van der Waals surface area (Å²) in [6.07, 6.45) is -4.49. The first kappa shape index (κ1) is 16.5. The fourth-order valence-corrected chi connectivity index (χ4v) is 2.01. The number of non-ortho nitro benzene ring substituents is 1. The number of rotatable bonds is 3. The van der Waals surface area contributed by atoms with Crippen molar-refractivity contribution in [2.75, 3.05) is 7.11 Å². The van der Waals surface area contributed by atoms with E-state index in [9.17, 15) is 28.1 Å². The monoisotopic (exact) mass is 325 g/mol. The molecule has 23 heavy (non-hydrogen) atoms. The lowest BCUT2D eigenvalue weighted by Gasteiger charge is -2.10. The SMILES string of the molecule is COC(=O)c1ccc([N+](=O)[O-])cc1-c1ccc(C(F)(F)F)cc1. The zero-order valence-corrected chi connectivity index (χ0v) is 11.8. The summed E-state index contributed by atoms with van der Waals surface area (Å²) in [5.74, 6) is -0.741. The van der Waals surface area contributed by atoms with Gasteiger partial charge in [-0.1, -0.05) is 12.1 Å². The number of hydrogen-bond donors (Lipinski definition) is 0. The number of methoxy groups -OCH3 is 1. The molecule has 5 nitrogen and oxygen atoms in total. The van der Waals surface area contributed by atoms with E-state index in [0.29, 0.717) is 0 Å². The molecular formula is C15H10F3NO4. The number of nitro groups is 1. The minimum Gasteiger partial charge on any atom is -0.465 e. The first-order valence-electron chi connectivity index (χ1n) is 6.28. The molecule has 0 aromatic heterocycles. The Bertz CT molecular complexity index is 754. The van der Waals surface area contributed by atoms with Crippen LogP contribution in [-0.2, 0) is 10.9 Å². The fourth-order valence-electron chi connectivity index (χ4n) is 2.01. The second kappa shape index (κ2) is 6.07. The molecule has 0 spiro atoms. The van der Waals surface area contributed by atoms with Crippen molar-refractivity contribution in [2.45, 2.75) is 6.18 Å². The minimum atomic E-state index is -4.49. The highest BCUT2D eigenvalue weighted by Crippen LogP contribution is 2.33. The molecule has 0 saturated heterocycles. The molecule has 0 fully saturated rings. The Morgan fingerprint density at radius 3 is 2.22 bits per heavy atom. The molecule has 0 bridgehead atoms. The summed E-state index contributed by atoms with van der Waals surface area (Å²) in [7, 11) is 1.14. The van der Waals surface area contributed by atoms with E-state index in [0.717, 1.165) is 43.5 Å². The van der Waals surface area contributed by atoms with Crippen LogP contribution in [0.25, 0.3) is 11.1 Å². The van der Waals surface area contributed by atoms with Gasteiger partial charge in [-0.2, -0.15) is 13.2 Å². The number of nitrogens with zero attached hydrogens (tertiary/aromatic N) is 1. The number of alkyl halides is 3. The molecule has 0 saturated carbocycles. The van der Waals surface area contributed by atoms with Crippen molar-refractivity contribution in [1.82, 2.24) is 0 Å². The molecule has 8 heteroatoms. The van der Waals surface area contributed by atoms with E-state index in [-0.39, 0.29) is 22.4 Å². The average molecular weight is 325 g/mol. The van der Waals surface area contributed by atoms with Gasteiger partial charge in [0, 0.05) is 17.7 Å². The van der Waals surface area contributed by atoms with Crippen LogP contribution in [0.15, 0.2) is 42.5 Å². The van der Waals surface area contributed by atoms with Crippen molar-refractivity contribution < 1.29 is 27.6 Å². The van der Waals surface area contributed by atoms with E-state index < -0.39 is 22.6 Å². The molecule has 0 amide bonds. The molecular weight excluding hydrogens is 315 g/mol. The summed E-state index contributed by atoms with van der Waals surface area (Å²) < 4.78 is 42.4. The number of esters is 1. The lowest BCUT2D eigenvalue weighted by molar-refractivity contribution is -0.384. The van der Waals surface area contributed by atoms with Crippen LogP contribution in [0.1, 0.15) is 15.9 Å². The molecule has 0 unspecified atom stereocenters. The molecule has 0 N–H and O–H groups in total. The van der Waals surface area contributed by atoms with Crippen molar-refractivity contribution in [3.05, 3.63) is 63.7 Å². The van der Waals surface area contributed by atoms with Gasteiger partial charge in [0.2, 0.25) is 0 Å². The fraction of sp³-hybridized carbons (Fsp3) is 0.133. The summed E-state index contributed by atoms with van der Waals surface area (Å²) >= 11 is 0. The molecule has 2 aromatic carbocycles. The van der Waals surface area contributed by atoms with Crippen LogP contribution in [0.3, 0.4) is 0 Å². The molecule has 2 aromatic rings. The minimum absolute atomic E-state index is 0.0258. The van der Waals surface area contributed by atoms with Gasteiger partial charge in [-0.3, -0.25) is 10.1 Å². The Balaban J connectivity index is 2.57. The number of halogens is 3. The van der Waals surface area contributed by atoms with Crippen molar-refractivity contribution in [2.24, 2.45) is 0 Å². The van der Waals surface area contributed by atoms with Gasteiger partial charge in [-0.05, 0) is 23.8 Å². The number of hydrogen-bond acceptors (Lipinski definition) is 4. The molecule has 0 atom stereocenters. The second-order valence-electron chi connectivity index (χ2n) is 4.55. The van der Waals surface area contributed by atoms with Gasteiger partial charge < -0.3 is 4.74 Å². The zero-order chi connectivity index (χ0) is 17.2. The lowest BCUT2D eigenvalue weighted by Crippen LogP contribution is -2.06.